The van der Waals surface area contributed by atoms with Gasteiger partial charge >= 0.3 is 0 Å². The first-order valence-corrected chi connectivity index (χ1v) is 10.8. The highest BCUT2D eigenvalue weighted by Gasteiger charge is 2.36. The molecule has 0 aromatic heterocycles. The largest absolute Gasteiger partial charge is 0.495 e. The third-order valence-electron chi connectivity index (χ3n) is 4.17. The van der Waals surface area contributed by atoms with E-state index in [9.17, 15) is 14.4 Å². The van der Waals surface area contributed by atoms with Gasteiger partial charge in [-0.2, -0.15) is 0 Å². The lowest BCUT2D eigenvalue weighted by Gasteiger charge is -2.14. The van der Waals surface area contributed by atoms with E-state index in [0.717, 1.165) is 21.1 Å². The normalized spacial score (nSPS) is 14.6. The predicted octanol–water partition coefficient (Wildman–Crippen LogP) is 4.70. The van der Waals surface area contributed by atoms with Crippen LogP contribution < -0.4 is 14.8 Å². The molecule has 0 atom stereocenters. The van der Waals surface area contributed by atoms with Crippen molar-refractivity contribution in [1.29, 1.82) is 0 Å². The zero-order chi connectivity index (χ0) is 22.4. The Morgan fingerprint density at radius 1 is 1.23 bits per heavy atom. The number of hydrogen-bond acceptors (Lipinski definition) is 6. The van der Waals surface area contributed by atoms with E-state index in [4.69, 9.17) is 9.47 Å². The number of thioether (sulfide) groups is 1. The lowest BCUT2D eigenvalue weighted by atomic mass is 10.2. The minimum Gasteiger partial charge on any atom is -0.495 e. The molecule has 1 aliphatic heterocycles. The van der Waals surface area contributed by atoms with Gasteiger partial charge in [-0.1, -0.05) is 40.7 Å². The maximum absolute atomic E-state index is 12.8. The van der Waals surface area contributed by atoms with Crippen LogP contribution in [0.5, 0.6) is 11.5 Å². The van der Waals surface area contributed by atoms with E-state index < -0.39 is 23.6 Å². The molecular formula is C22H19BrN2O5S. The van der Waals surface area contributed by atoms with Crippen molar-refractivity contribution in [2.75, 3.05) is 25.6 Å². The number of para-hydroxylation sites is 2. The minimum absolute atomic E-state index is 0.205. The number of benzene rings is 2. The molecule has 0 saturated carbocycles. The number of hydrogen-bond donors (Lipinski definition) is 1. The van der Waals surface area contributed by atoms with Crippen molar-refractivity contribution in [3.63, 3.8) is 0 Å². The lowest BCUT2D eigenvalue weighted by molar-refractivity contribution is -0.127. The first-order chi connectivity index (χ1) is 14.9. The van der Waals surface area contributed by atoms with Gasteiger partial charge in [0, 0.05) is 10.0 Å². The standard InChI is InChI=1S/C22H19BrN2O5S/c1-3-10-30-17-9-8-15(23)11-14(17)12-19-21(27)25(22(28)31-19)13-20(26)24-16-6-4-5-7-18(16)29-2/h3-9,11-12H,1,10,13H2,2H3,(H,24,26)/b19-12+. The zero-order valence-electron chi connectivity index (χ0n) is 16.6. The molecule has 1 heterocycles. The molecule has 0 spiro atoms. The molecule has 1 N–H and O–H groups in total. The highest BCUT2D eigenvalue weighted by Crippen LogP contribution is 2.35. The van der Waals surface area contributed by atoms with Crippen LogP contribution in [0.3, 0.4) is 0 Å². The summed E-state index contributed by atoms with van der Waals surface area (Å²) < 4.78 is 11.6. The monoisotopic (exact) mass is 502 g/mol. The molecule has 3 rings (SSSR count). The lowest BCUT2D eigenvalue weighted by Crippen LogP contribution is -2.36. The van der Waals surface area contributed by atoms with Gasteiger partial charge in [0.25, 0.3) is 11.1 Å². The van der Waals surface area contributed by atoms with Gasteiger partial charge < -0.3 is 14.8 Å². The molecule has 0 unspecified atom stereocenters. The average Bonchev–Trinajstić information content (AvgIpc) is 3.01. The fourth-order valence-electron chi connectivity index (χ4n) is 2.77. The quantitative estimate of drug-likeness (QED) is 0.416. The second-order valence-corrected chi connectivity index (χ2v) is 8.21. The summed E-state index contributed by atoms with van der Waals surface area (Å²) in [6, 6.07) is 12.2. The molecular weight excluding hydrogens is 484 g/mol. The van der Waals surface area contributed by atoms with E-state index in [-0.39, 0.29) is 4.91 Å². The van der Waals surface area contributed by atoms with E-state index in [0.29, 0.717) is 29.4 Å². The van der Waals surface area contributed by atoms with Crippen molar-refractivity contribution in [3.8, 4) is 11.5 Å². The van der Waals surface area contributed by atoms with Crippen LogP contribution in [0.15, 0.2) is 64.5 Å². The molecule has 2 aromatic carbocycles. The number of rotatable bonds is 8. The Kier molecular flexibility index (Phi) is 7.54. The molecule has 1 saturated heterocycles. The highest BCUT2D eigenvalue weighted by molar-refractivity contribution is 9.10. The summed E-state index contributed by atoms with van der Waals surface area (Å²) in [7, 11) is 1.49. The topological polar surface area (TPSA) is 84.9 Å². The molecule has 7 nitrogen and oxygen atoms in total. The van der Waals surface area contributed by atoms with Gasteiger partial charge in [-0.25, -0.2) is 0 Å². The summed E-state index contributed by atoms with van der Waals surface area (Å²) in [5, 5.41) is 2.14. The average molecular weight is 503 g/mol. The maximum atomic E-state index is 12.8. The fraction of sp³-hybridized carbons (Fsp3) is 0.136. The van der Waals surface area contributed by atoms with Crippen molar-refractivity contribution in [3.05, 3.63) is 70.1 Å². The Bertz CT molecular complexity index is 1070. The number of anilines is 1. The number of nitrogens with one attached hydrogen (secondary N) is 1. The van der Waals surface area contributed by atoms with E-state index in [1.54, 1.807) is 48.6 Å². The van der Waals surface area contributed by atoms with Gasteiger partial charge in [0.1, 0.15) is 24.7 Å². The molecule has 2 aromatic rings. The Balaban J connectivity index is 1.76. The molecule has 0 radical (unpaired) electrons. The van der Waals surface area contributed by atoms with Crippen LogP contribution in [0.25, 0.3) is 6.08 Å². The molecule has 0 bridgehead atoms. The van der Waals surface area contributed by atoms with Gasteiger partial charge in [-0.15, -0.1) is 0 Å². The fourth-order valence-corrected chi connectivity index (χ4v) is 3.98. The van der Waals surface area contributed by atoms with Gasteiger partial charge in [-0.3, -0.25) is 19.3 Å². The van der Waals surface area contributed by atoms with Gasteiger partial charge in [0.05, 0.1) is 17.7 Å². The Morgan fingerprint density at radius 3 is 2.74 bits per heavy atom. The molecule has 9 heteroatoms. The van der Waals surface area contributed by atoms with Crippen LogP contribution in [0.4, 0.5) is 10.5 Å². The molecule has 3 amide bonds. The van der Waals surface area contributed by atoms with Crippen LogP contribution in [-0.4, -0.2) is 42.2 Å². The van der Waals surface area contributed by atoms with Crippen molar-refractivity contribution >= 4 is 56.5 Å². The van der Waals surface area contributed by atoms with Gasteiger partial charge in [0.15, 0.2) is 0 Å². The van der Waals surface area contributed by atoms with Gasteiger partial charge in [0.2, 0.25) is 5.91 Å². The molecule has 160 valence electrons. The molecule has 1 aliphatic rings. The summed E-state index contributed by atoms with van der Waals surface area (Å²) >= 11 is 4.17. The van der Waals surface area contributed by atoms with Crippen LogP contribution in [0.2, 0.25) is 0 Å². The van der Waals surface area contributed by atoms with Gasteiger partial charge in [-0.05, 0) is 48.2 Å². The smallest absolute Gasteiger partial charge is 0.294 e. The van der Waals surface area contributed by atoms with Crippen molar-refractivity contribution in [1.82, 2.24) is 4.90 Å². The number of carbonyl (C=O) groups is 3. The summed E-state index contributed by atoms with van der Waals surface area (Å²) in [5.74, 6) is -0.0271. The number of carbonyl (C=O) groups excluding carboxylic acids is 3. The third kappa shape index (κ3) is 5.56. The van der Waals surface area contributed by atoms with E-state index in [2.05, 4.69) is 27.8 Å². The van der Waals surface area contributed by atoms with Crippen molar-refractivity contribution < 1.29 is 23.9 Å². The number of imide groups is 1. The summed E-state index contributed by atoms with van der Waals surface area (Å²) in [6.45, 7) is 3.52. The number of ether oxygens (including phenoxy) is 2. The first-order valence-electron chi connectivity index (χ1n) is 9.14. The third-order valence-corrected chi connectivity index (χ3v) is 5.57. The molecule has 1 fully saturated rings. The number of nitrogens with zero attached hydrogens (tertiary/aromatic N) is 1. The molecule has 0 aliphatic carbocycles. The second kappa shape index (κ2) is 10.3. The SMILES string of the molecule is C=CCOc1ccc(Br)cc1/C=C1/SC(=O)N(CC(=O)Nc2ccccc2OC)C1=O. The van der Waals surface area contributed by atoms with E-state index in [1.165, 1.54) is 7.11 Å². The Morgan fingerprint density at radius 2 is 2.00 bits per heavy atom. The van der Waals surface area contributed by atoms with Crippen LogP contribution in [-0.2, 0) is 9.59 Å². The Hall–Kier alpha value is -3.04. The predicted molar refractivity (Wildman–Crippen MR) is 124 cm³/mol. The highest BCUT2D eigenvalue weighted by atomic mass is 79.9. The van der Waals surface area contributed by atoms with E-state index >= 15 is 0 Å². The number of halogens is 1. The zero-order valence-corrected chi connectivity index (χ0v) is 19.0. The van der Waals surface area contributed by atoms with Crippen LogP contribution >= 0.6 is 27.7 Å². The summed E-state index contributed by atoms with van der Waals surface area (Å²) in [4.78, 5) is 38.7. The van der Waals surface area contributed by atoms with Crippen molar-refractivity contribution in [2.24, 2.45) is 0 Å². The summed E-state index contributed by atoms with van der Waals surface area (Å²) in [5.41, 5.74) is 1.08. The Labute approximate surface area is 192 Å². The van der Waals surface area contributed by atoms with Crippen LogP contribution in [0, 0.1) is 0 Å². The molecule has 31 heavy (non-hydrogen) atoms. The van der Waals surface area contributed by atoms with E-state index in [1.807, 2.05) is 6.07 Å². The number of methoxy groups -OCH3 is 1. The van der Waals surface area contributed by atoms with Crippen LogP contribution in [0.1, 0.15) is 5.56 Å². The first kappa shape index (κ1) is 22.6. The van der Waals surface area contributed by atoms with Crippen molar-refractivity contribution in [2.45, 2.75) is 0 Å². The summed E-state index contributed by atoms with van der Waals surface area (Å²) in [6.07, 6.45) is 3.19. The maximum Gasteiger partial charge on any atom is 0.294 e. The minimum atomic E-state index is -0.542. The number of amides is 3. The second-order valence-electron chi connectivity index (χ2n) is 6.30.